The van der Waals surface area contributed by atoms with E-state index >= 15 is 0 Å². The van der Waals surface area contributed by atoms with E-state index in [1.165, 1.54) is 30.2 Å². The summed E-state index contributed by atoms with van der Waals surface area (Å²) in [5.74, 6) is 0.513. The summed E-state index contributed by atoms with van der Waals surface area (Å²) in [6.45, 7) is 3.78. The molecule has 3 aromatic rings. The average Bonchev–Trinajstić information content (AvgIpc) is 3.11. The topological polar surface area (TPSA) is 91.9 Å². The molecule has 1 heterocycles. The Balaban J connectivity index is 2.20. The molecule has 0 radical (unpaired) electrons. The molecule has 1 aromatic heterocycles. The number of hydrogen-bond acceptors (Lipinski definition) is 6. The third-order valence-electron chi connectivity index (χ3n) is 4.23. The first kappa shape index (κ1) is 21.0. The SMILES string of the molecule is Cc1cccc(-n2c(S[C@@H](C)C#N)nnc2-c2cccc(S(=O)(=O)N(C)C)c2)c1. The Bertz CT molecular complexity index is 1180. The second-order valence-corrected chi connectivity index (χ2v) is 10.1. The van der Waals surface area contributed by atoms with Gasteiger partial charge >= 0.3 is 0 Å². The van der Waals surface area contributed by atoms with Crippen LogP contribution in [0.15, 0.2) is 58.6 Å². The van der Waals surface area contributed by atoms with Crippen LogP contribution in [0.3, 0.4) is 0 Å². The number of nitrogens with zero attached hydrogens (tertiary/aromatic N) is 5. The molecular weight excluding hydrogens is 406 g/mol. The number of aromatic nitrogens is 3. The van der Waals surface area contributed by atoms with Crippen molar-refractivity contribution in [2.45, 2.75) is 29.1 Å². The van der Waals surface area contributed by atoms with E-state index in [4.69, 9.17) is 0 Å². The van der Waals surface area contributed by atoms with E-state index in [9.17, 15) is 13.7 Å². The first-order chi connectivity index (χ1) is 13.7. The molecule has 0 N–H and O–H groups in total. The lowest BCUT2D eigenvalue weighted by molar-refractivity contribution is 0.521. The lowest BCUT2D eigenvalue weighted by Crippen LogP contribution is -2.22. The largest absolute Gasteiger partial charge is 0.270 e. The van der Waals surface area contributed by atoms with Gasteiger partial charge in [0, 0.05) is 25.3 Å². The molecule has 150 valence electrons. The zero-order chi connectivity index (χ0) is 21.2. The predicted molar refractivity (Wildman–Crippen MR) is 113 cm³/mol. The van der Waals surface area contributed by atoms with Gasteiger partial charge in [0.2, 0.25) is 10.0 Å². The van der Waals surface area contributed by atoms with Crippen molar-refractivity contribution in [3.8, 4) is 23.1 Å². The average molecular weight is 428 g/mol. The third-order valence-corrected chi connectivity index (χ3v) is 6.97. The molecule has 0 unspecified atom stereocenters. The highest BCUT2D eigenvalue weighted by atomic mass is 32.2. The van der Waals surface area contributed by atoms with Crippen LogP contribution in [0.1, 0.15) is 12.5 Å². The minimum Gasteiger partial charge on any atom is -0.270 e. The molecule has 0 fully saturated rings. The van der Waals surface area contributed by atoms with E-state index in [1.54, 1.807) is 31.2 Å². The van der Waals surface area contributed by atoms with Gasteiger partial charge in [-0.1, -0.05) is 36.0 Å². The van der Waals surface area contributed by atoms with Gasteiger partial charge in [0.25, 0.3) is 0 Å². The van der Waals surface area contributed by atoms with Crippen LogP contribution >= 0.6 is 11.8 Å². The van der Waals surface area contributed by atoms with Crippen molar-refractivity contribution >= 4 is 21.8 Å². The molecule has 0 bridgehead atoms. The highest BCUT2D eigenvalue weighted by Crippen LogP contribution is 2.31. The Kier molecular flexibility index (Phi) is 6.07. The van der Waals surface area contributed by atoms with Gasteiger partial charge < -0.3 is 0 Å². The van der Waals surface area contributed by atoms with E-state index in [-0.39, 0.29) is 10.1 Å². The van der Waals surface area contributed by atoms with Crippen molar-refractivity contribution in [2.75, 3.05) is 14.1 Å². The summed E-state index contributed by atoms with van der Waals surface area (Å²) < 4.78 is 28.1. The molecule has 1 atom stereocenters. The Morgan fingerprint density at radius 1 is 1.14 bits per heavy atom. The summed E-state index contributed by atoms with van der Waals surface area (Å²) >= 11 is 1.30. The summed E-state index contributed by atoms with van der Waals surface area (Å²) in [6, 6.07) is 16.7. The molecule has 29 heavy (non-hydrogen) atoms. The van der Waals surface area contributed by atoms with E-state index in [0.29, 0.717) is 16.5 Å². The maximum atomic E-state index is 12.5. The molecule has 0 aliphatic heterocycles. The molecule has 3 rings (SSSR count). The van der Waals surface area contributed by atoms with Gasteiger partial charge in [-0.05, 0) is 43.7 Å². The predicted octanol–water partition coefficient (Wildman–Crippen LogP) is 3.50. The van der Waals surface area contributed by atoms with Gasteiger partial charge in [0.15, 0.2) is 11.0 Å². The van der Waals surface area contributed by atoms with Crippen molar-refractivity contribution in [3.63, 3.8) is 0 Å². The fourth-order valence-corrected chi connectivity index (χ4v) is 4.43. The zero-order valence-corrected chi connectivity index (χ0v) is 18.2. The van der Waals surface area contributed by atoms with E-state index < -0.39 is 10.0 Å². The van der Waals surface area contributed by atoms with Crippen LogP contribution in [0.5, 0.6) is 0 Å². The molecule has 7 nitrogen and oxygen atoms in total. The molecule has 0 saturated heterocycles. The highest BCUT2D eigenvalue weighted by Gasteiger charge is 2.21. The number of aryl methyl sites for hydroxylation is 1. The number of rotatable bonds is 6. The summed E-state index contributed by atoms with van der Waals surface area (Å²) in [5, 5.41) is 18.1. The van der Waals surface area contributed by atoms with E-state index in [1.807, 2.05) is 35.8 Å². The van der Waals surface area contributed by atoms with Gasteiger partial charge in [-0.3, -0.25) is 4.57 Å². The Morgan fingerprint density at radius 2 is 1.86 bits per heavy atom. The lowest BCUT2D eigenvalue weighted by Gasteiger charge is -2.14. The number of sulfonamides is 1. The summed E-state index contributed by atoms with van der Waals surface area (Å²) in [6.07, 6.45) is 0. The maximum absolute atomic E-state index is 12.5. The monoisotopic (exact) mass is 427 g/mol. The summed E-state index contributed by atoms with van der Waals surface area (Å²) in [5.41, 5.74) is 2.53. The normalized spacial score (nSPS) is 12.7. The van der Waals surface area contributed by atoms with Crippen LogP contribution in [0.4, 0.5) is 0 Å². The van der Waals surface area contributed by atoms with Gasteiger partial charge in [-0.25, -0.2) is 12.7 Å². The fourth-order valence-electron chi connectivity index (χ4n) is 2.72. The number of thioether (sulfide) groups is 1. The van der Waals surface area contributed by atoms with Crippen molar-refractivity contribution in [1.29, 1.82) is 5.26 Å². The van der Waals surface area contributed by atoms with Crippen LogP contribution in [-0.4, -0.2) is 46.8 Å². The molecule has 0 aliphatic rings. The van der Waals surface area contributed by atoms with Crippen molar-refractivity contribution < 1.29 is 8.42 Å². The smallest absolute Gasteiger partial charge is 0.242 e. The Labute approximate surface area is 175 Å². The molecule has 2 aromatic carbocycles. The number of nitriles is 1. The molecular formula is C20H21N5O2S2. The number of benzene rings is 2. The van der Waals surface area contributed by atoms with Crippen LogP contribution in [0, 0.1) is 18.3 Å². The minimum atomic E-state index is -3.58. The summed E-state index contributed by atoms with van der Waals surface area (Å²) in [4.78, 5) is 0.179. The highest BCUT2D eigenvalue weighted by molar-refractivity contribution is 8.00. The van der Waals surface area contributed by atoms with Crippen molar-refractivity contribution in [2.24, 2.45) is 0 Å². The standard InChI is InChI=1S/C20H21N5O2S2/c1-14-7-5-9-17(11-14)25-19(22-23-20(25)28-15(2)13-21)16-8-6-10-18(12-16)29(26,27)24(3)4/h5-12,15H,1-4H3/t15-/m0/s1. The van der Waals surface area contributed by atoms with Crippen molar-refractivity contribution in [3.05, 3.63) is 54.1 Å². The molecule has 0 spiro atoms. The molecule has 0 saturated carbocycles. The first-order valence-corrected chi connectivity index (χ1v) is 11.2. The second-order valence-electron chi connectivity index (χ2n) is 6.69. The zero-order valence-electron chi connectivity index (χ0n) is 16.6. The minimum absolute atomic E-state index is 0.179. The third kappa shape index (κ3) is 4.34. The summed E-state index contributed by atoms with van der Waals surface area (Å²) in [7, 11) is -0.589. The fraction of sp³-hybridized carbons (Fsp3) is 0.250. The van der Waals surface area contributed by atoms with Gasteiger partial charge in [0.1, 0.15) is 0 Å². The van der Waals surface area contributed by atoms with Gasteiger partial charge in [-0.2, -0.15) is 5.26 Å². The van der Waals surface area contributed by atoms with Crippen molar-refractivity contribution in [1.82, 2.24) is 19.1 Å². The Morgan fingerprint density at radius 3 is 2.52 bits per heavy atom. The second kappa shape index (κ2) is 8.37. The van der Waals surface area contributed by atoms with Crippen LogP contribution in [0.25, 0.3) is 17.1 Å². The van der Waals surface area contributed by atoms with Gasteiger partial charge in [-0.15, -0.1) is 10.2 Å². The van der Waals surface area contributed by atoms with Crippen LogP contribution in [0.2, 0.25) is 0 Å². The van der Waals surface area contributed by atoms with Gasteiger partial charge in [0.05, 0.1) is 16.2 Å². The first-order valence-electron chi connectivity index (χ1n) is 8.85. The lowest BCUT2D eigenvalue weighted by atomic mass is 10.2. The van der Waals surface area contributed by atoms with E-state index in [0.717, 1.165) is 11.3 Å². The Hall–Kier alpha value is -2.67. The van der Waals surface area contributed by atoms with E-state index in [2.05, 4.69) is 16.3 Å². The number of hydrogen-bond donors (Lipinski definition) is 0. The maximum Gasteiger partial charge on any atom is 0.242 e. The van der Waals surface area contributed by atoms with Crippen LogP contribution < -0.4 is 0 Å². The molecule has 9 heteroatoms. The van der Waals surface area contributed by atoms with Crippen LogP contribution in [-0.2, 0) is 10.0 Å². The molecule has 0 aliphatic carbocycles. The quantitative estimate of drug-likeness (QED) is 0.559. The molecule has 0 amide bonds.